The summed E-state index contributed by atoms with van der Waals surface area (Å²) >= 11 is 0. The smallest absolute Gasteiger partial charge is 0.409 e. The maximum absolute atomic E-state index is 6.62. The molecule has 5 unspecified atom stereocenters. The number of rotatable bonds is 6. The fourth-order valence-corrected chi connectivity index (χ4v) is 5.74. The first-order valence-electron chi connectivity index (χ1n) is 9.93. The van der Waals surface area contributed by atoms with Crippen LogP contribution in [0.2, 0.25) is 39.3 Å². The standard InChI is InChI=1S/C19H33BO6Si2/c1-21-19-18(26-28(5,6)7)17(25-27(2,3)4)16-15(23-19)13-22-20(24-16)14-11-9-8-10-12-14/h8-12,15-19H,13H2,1-7H3. The third-order valence-electron chi connectivity index (χ3n) is 4.57. The lowest BCUT2D eigenvalue weighted by molar-refractivity contribution is -0.291. The van der Waals surface area contributed by atoms with Crippen LogP contribution in [0.15, 0.2) is 30.3 Å². The van der Waals surface area contributed by atoms with Crippen molar-refractivity contribution in [1.29, 1.82) is 0 Å². The quantitative estimate of drug-likeness (QED) is 0.655. The van der Waals surface area contributed by atoms with E-state index in [0.29, 0.717) is 6.61 Å². The zero-order valence-corrected chi connectivity index (χ0v) is 20.0. The Morgan fingerprint density at radius 3 is 2.11 bits per heavy atom. The van der Waals surface area contributed by atoms with Gasteiger partial charge in [0.25, 0.3) is 0 Å². The molecule has 5 atom stereocenters. The van der Waals surface area contributed by atoms with Gasteiger partial charge in [-0.1, -0.05) is 30.3 Å². The number of fused-ring (bicyclic) bond motifs is 1. The number of methoxy groups -OCH3 is 1. The Bertz CT molecular complexity index is 636. The Balaban J connectivity index is 1.89. The molecular weight excluding hydrogens is 391 g/mol. The van der Waals surface area contributed by atoms with E-state index in [0.717, 1.165) is 5.46 Å². The van der Waals surface area contributed by atoms with Crippen LogP contribution in [-0.2, 0) is 27.6 Å². The van der Waals surface area contributed by atoms with Crippen LogP contribution in [0.4, 0.5) is 0 Å². The molecule has 1 aromatic rings. The largest absolute Gasteiger partial charge is 0.494 e. The van der Waals surface area contributed by atoms with Gasteiger partial charge in [0, 0.05) is 7.11 Å². The highest BCUT2D eigenvalue weighted by atomic mass is 28.4. The molecule has 6 nitrogen and oxygen atoms in total. The van der Waals surface area contributed by atoms with Gasteiger partial charge in [-0.3, -0.25) is 0 Å². The summed E-state index contributed by atoms with van der Waals surface area (Å²) in [5, 5.41) is 0. The predicted octanol–water partition coefficient (Wildman–Crippen LogP) is 2.61. The lowest BCUT2D eigenvalue weighted by atomic mass is 9.76. The molecule has 0 bridgehead atoms. The summed E-state index contributed by atoms with van der Waals surface area (Å²) in [6.07, 6.45) is -1.64. The molecule has 2 heterocycles. The zero-order chi connectivity index (χ0) is 20.5. The van der Waals surface area contributed by atoms with Crippen LogP contribution in [0.5, 0.6) is 0 Å². The van der Waals surface area contributed by atoms with Gasteiger partial charge in [-0.25, -0.2) is 0 Å². The lowest BCUT2D eigenvalue weighted by Crippen LogP contribution is -2.68. The van der Waals surface area contributed by atoms with E-state index in [2.05, 4.69) is 39.3 Å². The van der Waals surface area contributed by atoms with Crippen molar-refractivity contribution in [3.05, 3.63) is 30.3 Å². The predicted molar refractivity (Wildman–Crippen MR) is 115 cm³/mol. The average Bonchev–Trinajstić information content (AvgIpc) is 2.61. The molecule has 0 saturated carbocycles. The second kappa shape index (κ2) is 8.69. The minimum absolute atomic E-state index is 0.257. The van der Waals surface area contributed by atoms with E-state index in [1.165, 1.54) is 0 Å². The number of hydrogen-bond acceptors (Lipinski definition) is 6. The Labute approximate surface area is 171 Å². The van der Waals surface area contributed by atoms with Gasteiger partial charge >= 0.3 is 7.12 Å². The van der Waals surface area contributed by atoms with E-state index in [1.807, 2.05) is 30.3 Å². The van der Waals surface area contributed by atoms with Crippen LogP contribution in [0, 0.1) is 0 Å². The first kappa shape index (κ1) is 22.2. The molecule has 9 heteroatoms. The van der Waals surface area contributed by atoms with E-state index < -0.39 is 30.0 Å². The van der Waals surface area contributed by atoms with Crippen molar-refractivity contribution < 1.29 is 27.6 Å². The first-order chi connectivity index (χ1) is 13.1. The van der Waals surface area contributed by atoms with Gasteiger partial charge < -0.3 is 27.6 Å². The summed E-state index contributed by atoms with van der Waals surface area (Å²) in [6, 6.07) is 9.98. The third-order valence-corrected chi connectivity index (χ3v) is 6.53. The maximum Gasteiger partial charge on any atom is 0.494 e. The second-order valence-corrected chi connectivity index (χ2v) is 18.3. The molecule has 28 heavy (non-hydrogen) atoms. The van der Waals surface area contributed by atoms with E-state index in [9.17, 15) is 0 Å². The Morgan fingerprint density at radius 1 is 0.929 bits per heavy atom. The van der Waals surface area contributed by atoms with Crippen molar-refractivity contribution in [2.45, 2.75) is 70.0 Å². The van der Waals surface area contributed by atoms with Gasteiger partial charge in [-0.15, -0.1) is 0 Å². The van der Waals surface area contributed by atoms with E-state index in [4.69, 9.17) is 27.6 Å². The van der Waals surface area contributed by atoms with Gasteiger partial charge in [-0.2, -0.15) is 0 Å². The van der Waals surface area contributed by atoms with Crippen LogP contribution < -0.4 is 5.46 Å². The molecule has 2 aliphatic heterocycles. The number of ether oxygens (including phenoxy) is 2. The molecule has 0 N–H and O–H groups in total. The van der Waals surface area contributed by atoms with Crippen molar-refractivity contribution in [3.8, 4) is 0 Å². The van der Waals surface area contributed by atoms with Crippen LogP contribution in [0.3, 0.4) is 0 Å². The second-order valence-electron chi connectivity index (χ2n) is 9.34. The summed E-state index contributed by atoms with van der Waals surface area (Å²) in [7, 11) is -2.54. The summed E-state index contributed by atoms with van der Waals surface area (Å²) < 4.78 is 37.3. The van der Waals surface area contributed by atoms with E-state index >= 15 is 0 Å². The summed E-state index contributed by atoms with van der Waals surface area (Å²) in [6.45, 7) is 13.4. The summed E-state index contributed by atoms with van der Waals surface area (Å²) in [4.78, 5) is 0. The fourth-order valence-electron chi connectivity index (χ4n) is 3.59. The van der Waals surface area contributed by atoms with E-state index in [1.54, 1.807) is 7.11 Å². The molecule has 156 valence electrons. The number of hydrogen-bond donors (Lipinski definition) is 0. The normalized spacial score (nSPS) is 31.5. The first-order valence-corrected chi connectivity index (χ1v) is 16.7. The molecule has 0 spiro atoms. The van der Waals surface area contributed by atoms with Crippen LogP contribution >= 0.6 is 0 Å². The highest BCUT2D eigenvalue weighted by molar-refractivity contribution is 6.70. The molecule has 2 aliphatic rings. The van der Waals surface area contributed by atoms with Crippen LogP contribution in [-0.4, -0.2) is 68.2 Å². The molecule has 3 rings (SSSR count). The van der Waals surface area contributed by atoms with Gasteiger partial charge in [0.15, 0.2) is 22.9 Å². The molecule has 2 saturated heterocycles. The molecule has 1 aromatic carbocycles. The summed E-state index contributed by atoms with van der Waals surface area (Å²) in [5.41, 5.74) is 0.990. The average molecular weight is 424 g/mol. The monoisotopic (exact) mass is 424 g/mol. The minimum atomic E-state index is -1.88. The van der Waals surface area contributed by atoms with Gasteiger partial charge in [0.2, 0.25) is 0 Å². The van der Waals surface area contributed by atoms with Gasteiger partial charge in [0.1, 0.15) is 18.3 Å². The Morgan fingerprint density at radius 2 is 1.54 bits per heavy atom. The Hall–Kier alpha value is -0.521. The molecule has 0 radical (unpaired) electrons. The highest BCUT2D eigenvalue weighted by Gasteiger charge is 2.53. The third kappa shape index (κ3) is 5.54. The minimum Gasteiger partial charge on any atom is -0.409 e. The SMILES string of the molecule is COC1OC2COB(c3ccccc3)OC2C(O[Si](C)(C)C)C1O[Si](C)(C)C. The van der Waals surface area contributed by atoms with Crippen molar-refractivity contribution in [2.24, 2.45) is 0 Å². The number of benzene rings is 1. The zero-order valence-electron chi connectivity index (χ0n) is 18.0. The molecule has 2 fully saturated rings. The molecule has 0 amide bonds. The van der Waals surface area contributed by atoms with Crippen molar-refractivity contribution in [1.82, 2.24) is 0 Å². The fraction of sp³-hybridized carbons (Fsp3) is 0.684. The summed E-state index contributed by atoms with van der Waals surface area (Å²) in [5.74, 6) is 0. The van der Waals surface area contributed by atoms with Gasteiger partial charge in [-0.05, 0) is 44.7 Å². The van der Waals surface area contributed by atoms with Crippen LogP contribution in [0.1, 0.15) is 0 Å². The maximum atomic E-state index is 6.62. The lowest BCUT2D eigenvalue weighted by Gasteiger charge is -2.51. The van der Waals surface area contributed by atoms with E-state index in [-0.39, 0.29) is 24.4 Å². The van der Waals surface area contributed by atoms with Crippen molar-refractivity contribution >= 4 is 29.2 Å². The molecule has 0 aliphatic carbocycles. The topological polar surface area (TPSA) is 55.4 Å². The van der Waals surface area contributed by atoms with Crippen molar-refractivity contribution in [2.75, 3.05) is 13.7 Å². The van der Waals surface area contributed by atoms with Gasteiger partial charge in [0.05, 0.1) is 12.7 Å². The molecular formula is C19H33BO6Si2. The Kier molecular flexibility index (Phi) is 6.88. The van der Waals surface area contributed by atoms with Crippen LogP contribution in [0.25, 0.3) is 0 Å². The molecule has 0 aromatic heterocycles. The van der Waals surface area contributed by atoms with Crippen molar-refractivity contribution in [3.63, 3.8) is 0 Å². The highest BCUT2D eigenvalue weighted by Crippen LogP contribution is 2.34.